The minimum atomic E-state index is -0.644. The van der Waals surface area contributed by atoms with Crippen molar-refractivity contribution in [3.63, 3.8) is 0 Å². The van der Waals surface area contributed by atoms with Crippen molar-refractivity contribution in [2.24, 2.45) is 0 Å². The highest BCUT2D eigenvalue weighted by molar-refractivity contribution is 7.22. The molecule has 7 nitrogen and oxygen atoms in total. The molecule has 1 aromatic carbocycles. The molecule has 1 N–H and O–H groups in total. The summed E-state index contributed by atoms with van der Waals surface area (Å²) in [6, 6.07) is 8.58. The van der Waals surface area contributed by atoms with Gasteiger partial charge in [0, 0.05) is 31.5 Å². The van der Waals surface area contributed by atoms with E-state index in [0.29, 0.717) is 11.9 Å². The SMILES string of the molecule is CN1c2nccnc2N(C2CC(Nc3nc4ccccc4s3)C2)C(=O)C1(C)C. The Morgan fingerprint density at radius 3 is 2.61 bits per heavy atom. The summed E-state index contributed by atoms with van der Waals surface area (Å²) in [7, 11) is 1.90. The normalized spacial score (nSPS) is 23.5. The van der Waals surface area contributed by atoms with Crippen molar-refractivity contribution < 1.29 is 4.79 Å². The van der Waals surface area contributed by atoms with Crippen LogP contribution in [0.3, 0.4) is 0 Å². The highest BCUT2D eigenvalue weighted by Gasteiger charge is 2.49. The van der Waals surface area contributed by atoms with E-state index in [1.807, 2.05) is 48.9 Å². The van der Waals surface area contributed by atoms with Crippen LogP contribution in [0.1, 0.15) is 26.7 Å². The van der Waals surface area contributed by atoms with Gasteiger partial charge in [0.05, 0.1) is 10.2 Å². The highest BCUT2D eigenvalue weighted by Crippen LogP contribution is 2.42. The van der Waals surface area contributed by atoms with E-state index < -0.39 is 5.54 Å². The molecule has 3 heterocycles. The zero-order valence-electron chi connectivity index (χ0n) is 16.1. The fraction of sp³-hybridized carbons (Fsp3) is 0.400. The summed E-state index contributed by atoms with van der Waals surface area (Å²) >= 11 is 1.67. The Balaban J connectivity index is 1.35. The number of hydrogen-bond donors (Lipinski definition) is 1. The number of rotatable bonds is 3. The summed E-state index contributed by atoms with van der Waals surface area (Å²) in [4.78, 5) is 30.6. The Morgan fingerprint density at radius 2 is 1.86 bits per heavy atom. The molecule has 0 saturated heterocycles. The molecule has 0 spiro atoms. The maximum absolute atomic E-state index is 13.2. The van der Waals surface area contributed by atoms with Crippen molar-refractivity contribution in [3.05, 3.63) is 36.7 Å². The van der Waals surface area contributed by atoms with Gasteiger partial charge in [0.1, 0.15) is 5.54 Å². The van der Waals surface area contributed by atoms with E-state index in [1.54, 1.807) is 23.7 Å². The molecule has 1 amide bonds. The largest absolute Gasteiger partial charge is 0.359 e. The molecule has 0 atom stereocenters. The monoisotopic (exact) mass is 394 g/mol. The standard InChI is InChI=1S/C20H22N6OS/c1-20(2)18(27)26(17-16(25(20)3)21-8-9-22-17)13-10-12(11-13)23-19-24-14-6-4-5-7-15(14)28-19/h4-9,12-13H,10-11H2,1-3H3,(H,23,24). The van der Waals surface area contributed by atoms with Gasteiger partial charge >= 0.3 is 0 Å². The molecule has 1 saturated carbocycles. The highest BCUT2D eigenvalue weighted by atomic mass is 32.1. The predicted molar refractivity (Wildman–Crippen MR) is 112 cm³/mol. The summed E-state index contributed by atoms with van der Waals surface area (Å²) in [5.41, 5.74) is 0.375. The van der Waals surface area contributed by atoms with E-state index in [1.165, 1.54) is 4.70 Å². The Labute approximate surface area is 167 Å². The van der Waals surface area contributed by atoms with Crippen LogP contribution in [0.5, 0.6) is 0 Å². The molecule has 2 aliphatic rings. The van der Waals surface area contributed by atoms with Gasteiger partial charge in [0.2, 0.25) is 0 Å². The molecule has 1 aliphatic heterocycles. The van der Waals surface area contributed by atoms with E-state index in [4.69, 9.17) is 0 Å². The predicted octanol–water partition coefficient (Wildman–Crippen LogP) is 3.29. The first-order chi connectivity index (χ1) is 13.4. The van der Waals surface area contributed by atoms with Gasteiger partial charge < -0.3 is 10.2 Å². The molecule has 1 fully saturated rings. The number of thiazole rings is 1. The minimum Gasteiger partial charge on any atom is -0.359 e. The van der Waals surface area contributed by atoms with E-state index in [-0.39, 0.29) is 11.9 Å². The number of likely N-dealkylation sites (N-methyl/N-ethyl adjacent to an activating group) is 1. The summed E-state index contributed by atoms with van der Waals surface area (Å²) in [6.45, 7) is 3.88. The van der Waals surface area contributed by atoms with Crippen molar-refractivity contribution >= 4 is 44.2 Å². The average molecular weight is 395 g/mol. The zero-order chi connectivity index (χ0) is 19.5. The Kier molecular flexibility index (Phi) is 3.80. The molecule has 5 rings (SSSR count). The van der Waals surface area contributed by atoms with Crippen molar-refractivity contribution in [2.75, 3.05) is 22.2 Å². The van der Waals surface area contributed by atoms with Crippen LogP contribution < -0.4 is 15.1 Å². The summed E-state index contributed by atoms with van der Waals surface area (Å²) in [5, 5.41) is 4.47. The number of fused-ring (bicyclic) bond motifs is 2. The lowest BCUT2D eigenvalue weighted by Crippen LogP contribution is -2.64. The van der Waals surface area contributed by atoms with E-state index in [2.05, 4.69) is 26.3 Å². The van der Waals surface area contributed by atoms with Crippen molar-refractivity contribution in [1.29, 1.82) is 0 Å². The van der Waals surface area contributed by atoms with Gasteiger partial charge in [-0.25, -0.2) is 15.0 Å². The van der Waals surface area contributed by atoms with Gasteiger partial charge in [-0.05, 0) is 38.8 Å². The van der Waals surface area contributed by atoms with Crippen LogP contribution in [0.25, 0.3) is 10.2 Å². The van der Waals surface area contributed by atoms with Crippen molar-refractivity contribution in [1.82, 2.24) is 15.0 Å². The number of carbonyl (C=O) groups excluding carboxylic acids is 1. The topological polar surface area (TPSA) is 74.2 Å². The second-order valence-corrected chi connectivity index (χ2v) is 8.98. The lowest BCUT2D eigenvalue weighted by molar-refractivity contribution is -0.124. The molecule has 2 aromatic heterocycles. The first-order valence-electron chi connectivity index (χ1n) is 9.46. The molecule has 0 unspecified atom stereocenters. The van der Waals surface area contributed by atoms with Gasteiger partial charge in [-0.3, -0.25) is 9.69 Å². The Morgan fingerprint density at radius 1 is 1.14 bits per heavy atom. The summed E-state index contributed by atoms with van der Waals surface area (Å²) < 4.78 is 1.18. The van der Waals surface area contributed by atoms with Crippen LogP contribution in [0.2, 0.25) is 0 Å². The smallest absolute Gasteiger partial charge is 0.253 e. The van der Waals surface area contributed by atoms with Gasteiger partial charge in [0.25, 0.3) is 5.91 Å². The molecule has 8 heteroatoms. The average Bonchev–Trinajstić information content (AvgIpc) is 3.07. The van der Waals surface area contributed by atoms with Crippen LogP contribution in [0.4, 0.5) is 16.8 Å². The lowest BCUT2D eigenvalue weighted by Gasteiger charge is -2.50. The number of hydrogen-bond acceptors (Lipinski definition) is 7. The number of aromatic nitrogens is 3. The fourth-order valence-corrected chi connectivity index (χ4v) is 4.84. The van der Waals surface area contributed by atoms with Crippen molar-refractivity contribution in [3.8, 4) is 0 Å². The van der Waals surface area contributed by atoms with Gasteiger partial charge in [0.15, 0.2) is 16.8 Å². The number of carbonyl (C=O) groups is 1. The number of nitrogens with zero attached hydrogens (tertiary/aromatic N) is 5. The molecule has 144 valence electrons. The summed E-state index contributed by atoms with van der Waals surface area (Å²) in [5.74, 6) is 1.50. The third kappa shape index (κ3) is 2.55. The van der Waals surface area contributed by atoms with Crippen LogP contribution >= 0.6 is 11.3 Å². The molecular weight excluding hydrogens is 372 g/mol. The maximum atomic E-state index is 13.2. The molecule has 0 radical (unpaired) electrons. The summed E-state index contributed by atoms with van der Waals surface area (Å²) in [6.07, 6.45) is 5.08. The first kappa shape index (κ1) is 17.4. The third-order valence-electron chi connectivity index (χ3n) is 5.89. The molecule has 0 bridgehead atoms. The molecule has 28 heavy (non-hydrogen) atoms. The van der Waals surface area contributed by atoms with Gasteiger partial charge in [-0.15, -0.1) is 0 Å². The van der Waals surface area contributed by atoms with Gasteiger partial charge in [-0.1, -0.05) is 23.5 Å². The van der Waals surface area contributed by atoms with E-state index in [9.17, 15) is 4.79 Å². The maximum Gasteiger partial charge on any atom is 0.253 e. The molecule has 3 aromatic rings. The second-order valence-electron chi connectivity index (χ2n) is 7.95. The van der Waals surface area contributed by atoms with Crippen molar-refractivity contribution in [2.45, 2.75) is 44.3 Å². The van der Waals surface area contributed by atoms with Gasteiger partial charge in [-0.2, -0.15) is 0 Å². The number of anilines is 3. The Hall–Kier alpha value is -2.74. The van der Waals surface area contributed by atoms with E-state index >= 15 is 0 Å². The first-order valence-corrected chi connectivity index (χ1v) is 10.3. The Bertz CT molecular complexity index is 1020. The van der Waals surface area contributed by atoms with Crippen LogP contribution in [-0.4, -0.2) is 45.5 Å². The molecule has 1 aliphatic carbocycles. The fourth-order valence-electron chi connectivity index (χ4n) is 3.89. The second kappa shape index (κ2) is 6.13. The van der Waals surface area contributed by atoms with Crippen LogP contribution in [0, 0.1) is 0 Å². The van der Waals surface area contributed by atoms with Crippen LogP contribution in [0.15, 0.2) is 36.7 Å². The third-order valence-corrected chi connectivity index (χ3v) is 6.85. The van der Waals surface area contributed by atoms with Crippen LogP contribution in [-0.2, 0) is 4.79 Å². The van der Waals surface area contributed by atoms with E-state index in [0.717, 1.165) is 29.3 Å². The number of para-hydroxylation sites is 1. The zero-order valence-corrected chi connectivity index (χ0v) is 16.9. The quantitative estimate of drug-likeness (QED) is 0.735. The number of benzene rings is 1. The lowest BCUT2D eigenvalue weighted by atomic mass is 9.83. The molecular formula is C20H22N6OS. The minimum absolute atomic E-state index is 0.0754. The number of nitrogens with one attached hydrogen (secondary N) is 1. The number of amides is 1.